The van der Waals surface area contributed by atoms with E-state index in [0.717, 1.165) is 6.42 Å². The molecule has 16 heavy (non-hydrogen) atoms. The first-order valence-electron chi connectivity index (χ1n) is 6.06. The van der Waals surface area contributed by atoms with Crippen molar-refractivity contribution in [2.45, 2.75) is 52.1 Å². The number of aromatic nitrogens is 1. The summed E-state index contributed by atoms with van der Waals surface area (Å²) in [4.78, 5) is 3.63. The Balaban J connectivity index is 2.26. The average Bonchev–Trinajstić information content (AvgIpc) is 2.28. The van der Waals surface area contributed by atoms with Crippen LogP contribution >= 0.6 is 0 Å². The first kappa shape index (κ1) is 13.1. The Morgan fingerprint density at radius 2 is 2.25 bits per heavy atom. The number of halogens is 1. The van der Waals surface area contributed by atoms with Gasteiger partial charge in [-0.15, -0.1) is 0 Å². The highest BCUT2D eigenvalue weighted by molar-refractivity contribution is 5.10. The first-order chi connectivity index (χ1) is 7.74. The van der Waals surface area contributed by atoms with Gasteiger partial charge in [0.2, 0.25) is 5.95 Å². The smallest absolute Gasteiger partial charge is 0.217 e. The van der Waals surface area contributed by atoms with Crippen molar-refractivity contribution in [1.29, 1.82) is 0 Å². The predicted molar refractivity (Wildman–Crippen MR) is 64.6 cm³/mol. The van der Waals surface area contributed by atoms with Gasteiger partial charge >= 0.3 is 0 Å². The van der Waals surface area contributed by atoms with Crippen molar-refractivity contribution in [3.8, 4) is 0 Å². The van der Waals surface area contributed by atoms with Crippen LogP contribution in [-0.4, -0.2) is 11.0 Å². The van der Waals surface area contributed by atoms with Crippen molar-refractivity contribution in [2.24, 2.45) is 0 Å². The summed E-state index contributed by atoms with van der Waals surface area (Å²) in [6.07, 6.45) is 6.37. The fourth-order valence-electron chi connectivity index (χ4n) is 1.64. The van der Waals surface area contributed by atoms with Crippen LogP contribution in [0.4, 0.5) is 4.39 Å². The van der Waals surface area contributed by atoms with Gasteiger partial charge in [0.05, 0.1) is 0 Å². The molecule has 1 aromatic rings. The van der Waals surface area contributed by atoms with Crippen LogP contribution < -0.4 is 5.32 Å². The topological polar surface area (TPSA) is 24.9 Å². The van der Waals surface area contributed by atoms with Gasteiger partial charge < -0.3 is 5.32 Å². The second-order valence-electron chi connectivity index (χ2n) is 4.23. The molecule has 90 valence electrons. The molecule has 0 aliphatic rings. The summed E-state index contributed by atoms with van der Waals surface area (Å²) in [6, 6.07) is 3.97. The Kier molecular flexibility index (Phi) is 6.01. The maximum Gasteiger partial charge on any atom is 0.217 e. The number of nitrogens with one attached hydrogen (secondary N) is 1. The molecule has 1 N–H and O–H groups in total. The monoisotopic (exact) mass is 224 g/mol. The highest BCUT2D eigenvalue weighted by atomic mass is 19.1. The van der Waals surface area contributed by atoms with E-state index in [1.807, 2.05) is 0 Å². The van der Waals surface area contributed by atoms with E-state index >= 15 is 0 Å². The molecular weight excluding hydrogens is 203 g/mol. The minimum absolute atomic E-state index is 0.365. The molecule has 1 aromatic heterocycles. The van der Waals surface area contributed by atoms with Gasteiger partial charge in [-0.05, 0) is 19.4 Å². The maximum atomic E-state index is 13.2. The molecule has 0 aromatic carbocycles. The highest BCUT2D eigenvalue weighted by Crippen LogP contribution is 2.06. The molecule has 0 bridgehead atoms. The van der Waals surface area contributed by atoms with Crippen LogP contribution in [0.25, 0.3) is 0 Å². The molecule has 1 unspecified atom stereocenters. The number of nitrogens with zero attached hydrogens (tertiary/aromatic N) is 1. The Labute approximate surface area is 97.3 Å². The van der Waals surface area contributed by atoms with Crippen LogP contribution in [0.2, 0.25) is 0 Å². The fourth-order valence-corrected chi connectivity index (χ4v) is 1.64. The number of pyridine rings is 1. The van der Waals surface area contributed by atoms with Gasteiger partial charge in [-0.3, -0.25) is 0 Å². The summed E-state index contributed by atoms with van der Waals surface area (Å²) in [5.41, 5.74) is 0.643. The third-order valence-electron chi connectivity index (χ3n) is 2.72. The molecule has 0 amide bonds. The van der Waals surface area contributed by atoms with Gasteiger partial charge in [0.15, 0.2) is 0 Å². The van der Waals surface area contributed by atoms with Crippen LogP contribution in [0.5, 0.6) is 0 Å². The molecule has 0 radical (unpaired) electrons. The third kappa shape index (κ3) is 4.71. The second kappa shape index (κ2) is 7.34. The molecule has 0 saturated carbocycles. The first-order valence-corrected chi connectivity index (χ1v) is 6.06. The van der Waals surface area contributed by atoms with Crippen LogP contribution in [0.3, 0.4) is 0 Å². The van der Waals surface area contributed by atoms with Crippen molar-refractivity contribution in [1.82, 2.24) is 10.3 Å². The van der Waals surface area contributed by atoms with E-state index in [0.29, 0.717) is 18.2 Å². The van der Waals surface area contributed by atoms with Crippen molar-refractivity contribution in [2.75, 3.05) is 0 Å². The number of rotatable bonds is 7. The van der Waals surface area contributed by atoms with Gasteiger partial charge in [0.1, 0.15) is 0 Å². The standard InChI is InChI=1S/C13H21FN2/c1-3-4-5-7-11(2)16-10-12-8-6-9-15-13(12)14/h6,8-9,11,16H,3-5,7,10H2,1-2H3. The Hall–Kier alpha value is -0.960. The molecule has 0 fully saturated rings. The van der Waals surface area contributed by atoms with E-state index in [-0.39, 0.29) is 5.95 Å². The van der Waals surface area contributed by atoms with Gasteiger partial charge in [-0.2, -0.15) is 4.39 Å². The Morgan fingerprint density at radius 3 is 2.94 bits per heavy atom. The summed E-state index contributed by atoms with van der Waals surface area (Å²) in [6.45, 7) is 4.90. The lowest BCUT2D eigenvalue weighted by atomic mass is 10.1. The molecule has 0 saturated heterocycles. The quantitative estimate of drug-likeness (QED) is 0.568. The van der Waals surface area contributed by atoms with E-state index in [9.17, 15) is 4.39 Å². The Morgan fingerprint density at radius 1 is 1.44 bits per heavy atom. The third-order valence-corrected chi connectivity index (χ3v) is 2.72. The Bertz CT molecular complexity index is 302. The zero-order chi connectivity index (χ0) is 11.8. The van der Waals surface area contributed by atoms with E-state index in [1.54, 1.807) is 12.1 Å². The largest absolute Gasteiger partial charge is 0.310 e. The van der Waals surface area contributed by atoms with E-state index < -0.39 is 0 Å². The van der Waals surface area contributed by atoms with Gasteiger partial charge in [-0.25, -0.2) is 4.98 Å². The molecule has 0 spiro atoms. The van der Waals surface area contributed by atoms with Crippen molar-refractivity contribution in [3.63, 3.8) is 0 Å². The summed E-state index contributed by atoms with van der Waals surface area (Å²) in [5, 5.41) is 3.32. The summed E-state index contributed by atoms with van der Waals surface area (Å²) in [7, 11) is 0. The normalized spacial score (nSPS) is 12.7. The SMILES string of the molecule is CCCCCC(C)NCc1cccnc1F. The lowest BCUT2D eigenvalue weighted by Gasteiger charge is -2.13. The van der Waals surface area contributed by atoms with Gasteiger partial charge in [0, 0.05) is 24.3 Å². The highest BCUT2D eigenvalue weighted by Gasteiger charge is 2.04. The summed E-state index contributed by atoms with van der Waals surface area (Å²) in [5.74, 6) is -0.365. The number of hydrogen-bond acceptors (Lipinski definition) is 2. The van der Waals surface area contributed by atoms with Gasteiger partial charge in [0.25, 0.3) is 0 Å². The minimum atomic E-state index is -0.365. The summed E-state index contributed by atoms with van der Waals surface area (Å²) < 4.78 is 13.2. The lowest BCUT2D eigenvalue weighted by molar-refractivity contribution is 0.474. The number of unbranched alkanes of at least 4 members (excludes halogenated alkanes) is 2. The van der Waals surface area contributed by atoms with E-state index in [4.69, 9.17) is 0 Å². The lowest BCUT2D eigenvalue weighted by Crippen LogP contribution is -2.25. The van der Waals surface area contributed by atoms with Crippen molar-refractivity contribution >= 4 is 0 Å². The minimum Gasteiger partial charge on any atom is -0.310 e. The molecule has 1 rings (SSSR count). The molecule has 0 aliphatic carbocycles. The predicted octanol–water partition coefficient (Wildman–Crippen LogP) is 3.28. The zero-order valence-corrected chi connectivity index (χ0v) is 10.2. The van der Waals surface area contributed by atoms with Crippen LogP contribution in [0, 0.1) is 5.95 Å². The number of hydrogen-bond donors (Lipinski definition) is 1. The average molecular weight is 224 g/mol. The maximum absolute atomic E-state index is 13.2. The van der Waals surface area contributed by atoms with Crippen molar-refractivity contribution in [3.05, 3.63) is 29.8 Å². The van der Waals surface area contributed by atoms with Crippen LogP contribution in [-0.2, 0) is 6.54 Å². The van der Waals surface area contributed by atoms with E-state index in [2.05, 4.69) is 24.1 Å². The van der Waals surface area contributed by atoms with E-state index in [1.165, 1.54) is 25.5 Å². The molecule has 1 heterocycles. The molecule has 3 heteroatoms. The molecule has 0 aliphatic heterocycles. The molecular formula is C13H21FN2. The molecule has 1 atom stereocenters. The fraction of sp³-hybridized carbons (Fsp3) is 0.615. The summed E-state index contributed by atoms with van der Waals surface area (Å²) >= 11 is 0. The zero-order valence-electron chi connectivity index (χ0n) is 10.2. The van der Waals surface area contributed by atoms with Gasteiger partial charge in [-0.1, -0.05) is 32.3 Å². The van der Waals surface area contributed by atoms with Crippen LogP contribution in [0.15, 0.2) is 18.3 Å². The second-order valence-corrected chi connectivity index (χ2v) is 4.23. The molecule has 2 nitrogen and oxygen atoms in total. The van der Waals surface area contributed by atoms with Crippen molar-refractivity contribution < 1.29 is 4.39 Å². The van der Waals surface area contributed by atoms with Crippen LogP contribution in [0.1, 0.15) is 45.1 Å².